The molecule has 1 aromatic heterocycles. The summed E-state index contributed by atoms with van der Waals surface area (Å²) >= 11 is 0. The van der Waals surface area contributed by atoms with E-state index in [4.69, 9.17) is 0 Å². The number of halogens is 1. The molecule has 94 valence electrons. The smallest absolute Gasteiger partial charge is 0.131 e. The summed E-state index contributed by atoms with van der Waals surface area (Å²) in [5, 5.41) is 2.06. The number of hydrogen-bond donors (Lipinski definition) is 0. The van der Waals surface area contributed by atoms with Gasteiger partial charge in [0.15, 0.2) is 0 Å². The van der Waals surface area contributed by atoms with Gasteiger partial charge in [-0.3, -0.25) is 4.98 Å². The van der Waals surface area contributed by atoms with E-state index < -0.39 is 0 Å². The van der Waals surface area contributed by atoms with E-state index in [2.05, 4.69) is 4.98 Å². The van der Waals surface area contributed by atoms with Crippen molar-refractivity contribution in [3.05, 3.63) is 66.2 Å². The van der Waals surface area contributed by atoms with Crippen molar-refractivity contribution in [3.63, 3.8) is 0 Å². The van der Waals surface area contributed by atoms with E-state index in [1.165, 1.54) is 0 Å². The molecule has 0 aliphatic rings. The van der Waals surface area contributed by atoms with Crippen LogP contribution >= 0.6 is 0 Å². The van der Waals surface area contributed by atoms with E-state index in [1.807, 2.05) is 43.3 Å². The summed E-state index contributed by atoms with van der Waals surface area (Å²) < 4.78 is 14.2. The van der Waals surface area contributed by atoms with Crippen LogP contribution in [-0.4, -0.2) is 4.98 Å². The molecule has 0 aliphatic carbocycles. The van der Waals surface area contributed by atoms with Crippen molar-refractivity contribution in [3.8, 4) is 11.1 Å². The minimum absolute atomic E-state index is 0.171. The standard InChI is InChI=1S/C17H14FN/c1-2-12-6-7-15(17(18)10-12)14-5-3-4-13-8-9-19-11-16(13)14/h3-11H,2H2,1H3. The fourth-order valence-electron chi connectivity index (χ4n) is 2.35. The van der Waals surface area contributed by atoms with Crippen LogP contribution < -0.4 is 0 Å². The summed E-state index contributed by atoms with van der Waals surface area (Å²) in [4.78, 5) is 4.14. The van der Waals surface area contributed by atoms with E-state index in [9.17, 15) is 4.39 Å². The van der Waals surface area contributed by atoms with Crippen LogP contribution in [-0.2, 0) is 6.42 Å². The van der Waals surface area contributed by atoms with Gasteiger partial charge in [0.1, 0.15) is 5.82 Å². The number of benzene rings is 2. The zero-order valence-electron chi connectivity index (χ0n) is 10.7. The third-order valence-corrected chi connectivity index (χ3v) is 3.42. The number of fused-ring (bicyclic) bond motifs is 1. The Kier molecular flexibility index (Phi) is 3.00. The highest BCUT2D eigenvalue weighted by atomic mass is 19.1. The number of aryl methyl sites for hydroxylation is 1. The molecule has 0 radical (unpaired) electrons. The lowest BCUT2D eigenvalue weighted by Gasteiger charge is -2.08. The molecule has 0 amide bonds. The van der Waals surface area contributed by atoms with Gasteiger partial charge in [-0.05, 0) is 35.1 Å². The van der Waals surface area contributed by atoms with Gasteiger partial charge in [0.25, 0.3) is 0 Å². The maximum absolute atomic E-state index is 14.2. The van der Waals surface area contributed by atoms with Crippen molar-refractivity contribution < 1.29 is 4.39 Å². The Morgan fingerprint density at radius 3 is 2.74 bits per heavy atom. The normalized spacial score (nSPS) is 10.8. The predicted octanol–water partition coefficient (Wildman–Crippen LogP) is 4.60. The Morgan fingerprint density at radius 1 is 1.05 bits per heavy atom. The molecule has 0 aliphatic heterocycles. The maximum atomic E-state index is 14.2. The predicted molar refractivity (Wildman–Crippen MR) is 76.5 cm³/mol. The Hall–Kier alpha value is -2.22. The monoisotopic (exact) mass is 251 g/mol. The van der Waals surface area contributed by atoms with Gasteiger partial charge in [-0.15, -0.1) is 0 Å². The topological polar surface area (TPSA) is 12.9 Å². The van der Waals surface area contributed by atoms with Gasteiger partial charge >= 0.3 is 0 Å². The first-order valence-corrected chi connectivity index (χ1v) is 6.41. The quantitative estimate of drug-likeness (QED) is 0.648. The first-order chi connectivity index (χ1) is 9.29. The van der Waals surface area contributed by atoms with Gasteiger partial charge in [-0.25, -0.2) is 4.39 Å². The molecule has 19 heavy (non-hydrogen) atoms. The molecular weight excluding hydrogens is 237 g/mol. The van der Waals surface area contributed by atoms with Crippen molar-refractivity contribution in [1.82, 2.24) is 4.98 Å². The highest BCUT2D eigenvalue weighted by Gasteiger charge is 2.09. The van der Waals surface area contributed by atoms with Crippen molar-refractivity contribution >= 4 is 10.8 Å². The molecule has 3 rings (SSSR count). The lowest BCUT2D eigenvalue weighted by atomic mass is 9.98. The second-order valence-corrected chi connectivity index (χ2v) is 4.57. The molecule has 0 saturated heterocycles. The number of aromatic nitrogens is 1. The van der Waals surface area contributed by atoms with Gasteiger partial charge < -0.3 is 0 Å². The van der Waals surface area contributed by atoms with Crippen molar-refractivity contribution in [1.29, 1.82) is 0 Å². The molecule has 2 heteroatoms. The van der Waals surface area contributed by atoms with Crippen molar-refractivity contribution in [2.75, 3.05) is 0 Å². The molecule has 0 N–H and O–H groups in total. The summed E-state index contributed by atoms with van der Waals surface area (Å²) in [6.45, 7) is 2.02. The summed E-state index contributed by atoms with van der Waals surface area (Å²) in [5.74, 6) is -0.171. The highest BCUT2D eigenvalue weighted by molar-refractivity contribution is 5.96. The SMILES string of the molecule is CCc1ccc(-c2cccc3ccncc23)c(F)c1. The number of rotatable bonds is 2. The summed E-state index contributed by atoms with van der Waals surface area (Å²) in [5.41, 5.74) is 2.54. The molecule has 0 unspecified atom stereocenters. The maximum Gasteiger partial charge on any atom is 0.131 e. The minimum Gasteiger partial charge on any atom is -0.264 e. The highest BCUT2D eigenvalue weighted by Crippen LogP contribution is 2.30. The van der Waals surface area contributed by atoms with Gasteiger partial charge in [0, 0.05) is 23.3 Å². The lowest BCUT2D eigenvalue weighted by molar-refractivity contribution is 0.629. The molecule has 0 spiro atoms. The number of hydrogen-bond acceptors (Lipinski definition) is 1. The third kappa shape index (κ3) is 2.10. The molecule has 0 atom stereocenters. The van der Waals surface area contributed by atoms with Gasteiger partial charge in [-0.1, -0.05) is 37.3 Å². The van der Waals surface area contributed by atoms with E-state index in [1.54, 1.807) is 18.5 Å². The average Bonchev–Trinajstić information content (AvgIpc) is 2.46. The average molecular weight is 251 g/mol. The molecule has 0 bridgehead atoms. The fraction of sp³-hybridized carbons (Fsp3) is 0.118. The molecule has 2 aromatic carbocycles. The van der Waals surface area contributed by atoms with Crippen molar-refractivity contribution in [2.45, 2.75) is 13.3 Å². The Bertz CT molecular complexity index is 729. The molecule has 0 saturated carbocycles. The van der Waals surface area contributed by atoms with Crippen molar-refractivity contribution in [2.24, 2.45) is 0 Å². The Morgan fingerprint density at radius 2 is 1.95 bits per heavy atom. The summed E-state index contributed by atoms with van der Waals surface area (Å²) in [6.07, 6.45) is 4.38. The minimum atomic E-state index is -0.171. The van der Waals surface area contributed by atoms with E-state index in [0.29, 0.717) is 5.56 Å². The fourth-order valence-corrected chi connectivity index (χ4v) is 2.35. The van der Waals surface area contributed by atoms with Crippen LogP contribution in [0.4, 0.5) is 4.39 Å². The van der Waals surface area contributed by atoms with Gasteiger partial charge in [0.2, 0.25) is 0 Å². The van der Waals surface area contributed by atoms with Crippen LogP contribution in [0, 0.1) is 5.82 Å². The Balaban J connectivity index is 2.24. The summed E-state index contributed by atoms with van der Waals surface area (Å²) in [6, 6.07) is 13.3. The van der Waals surface area contributed by atoms with E-state index in [-0.39, 0.29) is 5.82 Å². The van der Waals surface area contributed by atoms with Crippen LogP contribution in [0.1, 0.15) is 12.5 Å². The number of pyridine rings is 1. The van der Waals surface area contributed by atoms with Gasteiger partial charge in [-0.2, -0.15) is 0 Å². The zero-order valence-corrected chi connectivity index (χ0v) is 10.7. The zero-order chi connectivity index (χ0) is 13.2. The summed E-state index contributed by atoms with van der Waals surface area (Å²) in [7, 11) is 0. The second-order valence-electron chi connectivity index (χ2n) is 4.57. The van der Waals surface area contributed by atoms with Crippen LogP contribution in [0.2, 0.25) is 0 Å². The van der Waals surface area contributed by atoms with Crippen LogP contribution in [0.5, 0.6) is 0 Å². The van der Waals surface area contributed by atoms with Crippen LogP contribution in [0.3, 0.4) is 0 Å². The third-order valence-electron chi connectivity index (χ3n) is 3.42. The van der Waals surface area contributed by atoms with Crippen LogP contribution in [0.15, 0.2) is 54.9 Å². The Labute approximate surface area is 111 Å². The van der Waals surface area contributed by atoms with E-state index >= 15 is 0 Å². The number of nitrogens with zero attached hydrogens (tertiary/aromatic N) is 1. The molecule has 3 aromatic rings. The molecule has 0 fully saturated rings. The largest absolute Gasteiger partial charge is 0.264 e. The molecular formula is C17H14FN. The van der Waals surface area contributed by atoms with Gasteiger partial charge in [0.05, 0.1) is 0 Å². The molecule has 1 heterocycles. The van der Waals surface area contributed by atoms with Crippen LogP contribution in [0.25, 0.3) is 21.9 Å². The molecule has 1 nitrogen and oxygen atoms in total. The first kappa shape index (κ1) is 11.8. The lowest BCUT2D eigenvalue weighted by Crippen LogP contribution is -1.89. The first-order valence-electron chi connectivity index (χ1n) is 6.41. The second kappa shape index (κ2) is 4.81. The van der Waals surface area contributed by atoms with E-state index in [0.717, 1.165) is 28.3 Å².